The predicted octanol–water partition coefficient (Wildman–Crippen LogP) is 0.564. The molecule has 0 spiro atoms. The number of hydrogen-bond donors (Lipinski definition) is 2. The molecular formula is C12H15ClN2O3. The normalized spacial score (nSPS) is 20.0. The Labute approximate surface area is 110 Å². The number of hydroxylamine groups is 2. The van der Waals surface area contributed by atoms with E-state index >= 15 is 0 Å². The van der Waals surface area contributed by atoms with Crippen LogP contribution in [0.2, 0.25) is 5.02 Å². The third-order valence-corrected chi connectivity index (χ3v) is 2.84. The molecule has 1 aliphatic rings. The van der Waals surface area contributed by atoms with Gasteiger partial charge in [-0.3, -0.25) is 9.63 Å². The molecular weight excluding hydrogens is 256 g/mol. The SMILES string of the molecule is O=C(CN1C[C@@H](O)CO1)NCc1ccc(Cl)cc1. The highest BCUT2D eigenvalue weighted by atomic mass is 35.5. The van der Waals surface area contributed by atoms with E-state index in [2.05, 4.69) is 5.32 Å². The van der Waals surface area contributed by atoms with Crippen molar-refractivity contribution in [1.29, 1.82) is 0 Å². The summed E-state index contributed by atoms with van der Waals surface area (Å²) in [4.78, 5) is 16.7. The van der Waals surface area contributed by atoms with E-state index in [1.807, 2.05) is 12.1 Å². The van der Waals surface area contributed by atoms with E-state index in [1.54, 1.807) is 12.1 Å². The van der Waals surface area contributed by atoms with Crippen molar-refractivity contribution in [1.82, 2.24) is 10.4 Å². The first kappa shape index (κ1) is 13.3. The van der Waals surface area contributed by atoms with Crippen molar-refractivity contribution in [3.05, 3.63) is 34.9 Å². The minimum atomic E-state index is -0.505. The molecule has 0 radical (unpaired) electrons. The standard InChI is InChI=1S/C12H15ClN2O3/c13-10-3-1-9(2-4-10)5-14-12(17)7-15-6-11(16)8-18-15/h1-4,11,16H,5-8H2,(H,14,17)/t11-/m1/s1. The largest absolute Gasteiger partial charge is 0.389 e. The van der Waals surface area contributed by atoms with E-state index < -0.39 is 6.10 Å². The lowest BCUT2D eigenvalue weighted by molar-refractivity contribution is -0.142. The van der Waals surface area contributed by atoms with Gasteiger partial charge in [-0.2, -0.15) is 5.06 Å². The average molecular weight is 271 g/mol. The molecule has 5 nitrogen and oxygen atoms in total. The van der Waals surface area contributed by atoms with Crippen molar-refractivity contribution in [3.8, 4) is 0 Å². The molecule has 1 amide bonds. The van der Waals surface area contributed by atoms with E-state index in [-0.39, 0.29) is 19.1 Å². The van der Waals surface area contributed by atoms with Gasteiger partial charge in [-0.15, -0.1) is 0 Å². The second-order valence-corrected chi connectivity index (χ2v) is 4.61. The van der Waals surface area contributed by atoms with Crippen LogP contribution < -0.4 is 5.32 Å². The molecule has 98 valence electrons. The molecule has 2 N–H and O–H groups in total. The highest BCUT2D eigenvalue weighted by molar-refractivity contribution is 6.30. The molecule has 0 unspecified atom stereocenters. The van der Waals surface area contributed by atoms with Crippen molar-refractivity contribution in [2.75, 3.05) is 19.7 Å². The maximum absolute atomic E-state index is 11.6. The monoisotopic (exact) mass is 270 g/mol. The Morgan fingerprint density at radius 1 is 1.50 bits per heavy atom. The second-order valence-electron chi connectivity index (χ2n) is 4.18. The first-order valence-electron chi connectivity index (χ1n) is 5.70. The van der Waals surface area contributed by atoms with Crippen LogP contribution in [-0.4, -0.2) is 41.9 Å². The number of amides is 1. The van der Waals surface area contributed by atoms with Crippen molar-refractivity contribution >= 4 is 17.5 Å². The summed E-state index contributed by atoms with van der Waals surface area (Å²) in [5.74, 6) is -0.140. The number of nitrogens with zero attached hydrogens (tertiary/aromatic N) is 1. The first-order valence-corrected chi connectivity index (χ1v) is 6.08. The smallest absolute Gasteiger partial charge is 0.236 e. The summed E-state index contributed by atoms with van der Waals surface area (Å²) in [5, 5.41) is 14.1. The molecule has 0 aromatic heterocycles. The van der Waals surface area contributed by atoms with Crippen molar-refractivity contribution in [2.45, 2.75) is 12.6 Å². The minimum absolute atomic E-state index is 0.130. The van der Waals surface area contributed by atoms with Gasteiger partial charge in [-0.05, 0) is 17.7 Å². The van der Waals surface area contributed by atoms with Gasteiger partial charge in [0.2, 0.25) is 5.91 Å². The Morgan fingerprint density at radius 3 is 2.83 bits per heavy atom. The Morgan fingerprint density at radius 2 is 2.22 bits per heavy atom. The lowest BCUT2D eigenvalue weighted by atomic mass is 10.2. The van der Waals surface area contributed by atoms with Crippen molar-refractivity contribution in [2.24, 2.45) is 0 Å². The summed E-state index contributed by atoms with van der Waals surface area (Å²) in [6, 6.07) is 7.28. The van der Waals surface area contributed by atoms with Crippen LogP contribution in [0.3, 0.4) is 0 Å². The third kappa shape index (κ3) is 3.96. The number of halogens is 1. The molecule has 2 rings (SSSR count). The molecule has 1 saturated heterocycles. The minimum Gasteiger partial charge on any atom is -0.389 e. The van der Waals surface area contributed by atoms with Crippen LogP contribution in [0, 0.1) is 0 Å². The van der Waals surface area contributed by atoms with Crippen LogP contribution in [0.1, 0.15) is 5.56 Å². The van der Waals surface area contributed by atoms with E-state index in [0.717, 1.165) is 5.56 Å². The Kier molecular flexibility index (Phi) is 4.54. The molecule has 1 atom stereocenters. The van der Waals surface area contributed by atoms with E-state index in [1.165, 1.54) is 5.06 Å². The number of aliphatic hydroxyl groups is 1. The molecule has 1 aliphatic heterocycles. The Balaban J connectivity index is 1.73. The molecule has 1 heterocycles. The number of rotatable bonds is 4. The van der Waals surface area contributed by atoms with Crippen molar-refractivity contribution in [3.63, 3.8) is 0 Å². The van der Waals surface area contributed by atoms with Crippen LogP contribution >= 0.6 is 11.6 Å². The van der Waals surface area contributed by atoms with Gasteiger partial charge in [0.05, 0.1) is 19.3 Å². The van der Waals surface area contributed by atoms with E-state index in [9.17, 15) is 9.90 Å². The summed E-state index contributed by atoms with van der Waals surface area (Å²) in [6.45, 7) is 1.20. The van der Waals surface area contributed by atoms with Gasteiger partial charge in [0, 0.05) is 11.6 Å². The van der Waals surface area contributed by atoms with Gasteiger partial charge in [-0.1, -0.05) is 23.7 Å². The lowest BCUT2D eigenvalue weighted by Crippen LogP contribution is -2.35. The number of hydrogen-bond acceptors (Lipinski definition) is 4. The van der Waals surface area contributed by atoms with Crippen LogP contribution in [0.25, 0.3) is 0 Å². The summed E-state index contributed by atoms with van der Waals surface area (Å²) in [7, 11) is 0. The third-order valence-electron chi connectivity index (χ3n) is 2.59. The summed E-state index contributed by atoms with van der Waals surface area (Å²) in [5.41, 5.74) is 0.982. The second kappa shape index (κ2) is 6.15. The molecule has 0 aliphatic carbocycles. The number of carbonyl (C=O) groups excluding carboxylic acids is 1. The zero-order valence-electron chi connectivity index (χ0n) is 9.80. The summed E-state index contributed by atoms with van der Waals surface area (Å²) < 4.78 is 0. The highest BCUT2D eigenvalue weighted by Gasteiger charge is 2.23. The van der Waals surface area contributed by atoms with E-state index in [0.29, 0.717) is 18.1 Å². The first-order chi connectivity index (χ1) is 8.63. The number of nitrogens with one attached hydrogen (secondary N) is 1. The van der Waals surface area contributed by atoms with Gasteiger partial charge in [-0.25, -0.2) is 0 Å². The van der Waals surface area contributed by atoms with Gasteiger partial charge in [0.25, 0.3) is 0 Å². The maximum atomic E-state index is 11.6. The summed E-state index contributed by atoms with van der Waals surface area (Å²) in [6.07, 6.45) is -0.505. The zero-order valence-corrected chi connectivity index (χ0v) is 10.6. The van der Waals surface area contributed by atoms with Crippen molar-refractivity contribution < 1.29 is 14.7 Å². The van der Waals surface area contributed by atoms with Gasteiger partial charge >= 0.3 is 0 Å². The number of benzene rings is 1. The van der Waals surface area contributed by atoms with Gasteiger partial charge in [0.15, 0.2) is 0 Å². The number of β-amino-alcohol motifs (C(OH)–C–C–N with tert-alkyl or cyclic N) is 1. The predicted molar refractivity (Wildman–Crippen MR) is 66.8 cm³/mol. The van der Waals surface area contributed by atoms with Crippen LogP contribution in [-0.2, 0) is 16.2 Å². The number of aliphatic hydroxyl groups excluding tert-OH is 1. The fraction of sp³-hybridized carbons (Fsp3) is 0.417. The van der Waals surface area contributed by atoms with Crippen LogP contribution in [0.15, 0.2) is 24.3 Å². The molecule has 1 fully saturated rings. The molecule has 6 heteroatoms. The molecule has 18 heavy (non-hydrogen) atoms. The quantitative estimate of drug-likeness (QED) is 0.840. The number of carbonyl (C=O) groups is 1. The molecule has 0 saturated carbocycles. The van der Waals surface area contributed by atoms with Gasteiger partial charge in [0.1, 0.15) is 6.54 Å². The van der Waals surface area contributed by atoms with Crippen LogP contribution in [0.5, 0.6) is 0 Å². The molecule has 0 bridgehead atoms. The average Bonchev–Trinajstić information content (AvgIpc) is 2.74. The molecule has 1 aromatic rings. The maximum Gasteiger partial charge on any atom is 0.236 e. The topological polar surface area (TPSA) is 61.8 Å². The zero-order chi connectivity index (χ0) is 13.0. The summed E-state index contributed by atoms with van der Waals surface area (Å²) >= 11 is 5.77. The highest BCUT2D eigenvalue weighted by Crippen LogP contribution is 2.09. The Hall–Kier alpha value is -1.14. The lowest BCUT2D eigenvalue weighted by Gasteiger charge is -2.13. The van der Waals surface area contributed by atoms with Gasteiger partial charge < -0.3 is 10.4 Å². The Bertz CT molecular complexity index is 410. The molecule has 1 aromatic carbocycles. The van der Waals surface area contributed by atoms with Crippen LogP contribution in [0.4, 0.5) is 0 Å². The fourth-order valence-corrected chi connectivity index (χ4v) is 1.79. The fourth-order valence-electron chi connectivity index (χ4n) is 1.66. The van der Waals surface area contributed by atoms with E-state index in [4.69, 9.17) is 16.4 Å².